The minimum absolute atomic E-state index is 0.0186. The zero-order valence-corrected chi connectivity index (χ0v) is 22.2. The van der Waals surface area contributed by atoms with Crippen molar-refractivity contribution in [2.45, 2.75) is 33.6 Å². The van der Waals surface area contributed by atoms with Gasteiger partial charge in [-0.2, -0.15) is 0 Å². The molecule has 4 nitrogen and oxygen atoms in total. The molecule has 2 unspecified atom stereocenters. The first-order valence-electron chi connectivity index (χ1n) is 11.3. The molecule has 0 saturated carbocycles. The third-order valence-corrected chi connectivity index (χ3v) is 11.6. The molecular weight excluding hydrogens is 515 g/mol. The van der Waals surface area contributed by atoms with Gasteiger partial charge in [-0.25, -0.2) is 0 Å². The number of carbonyl (C=O) groups is 2. The predicted octanol–water partition coefficient (Wildman–Crippen LogP) is 6.17. The summed E-state index contributed by atoms with van der Waals surface area (Å²) in [5.41, 5.74) is 10.1. The molecule has 0 aromatic heterocycles. The standard InChI is InChI=1S/C26H21N2O2.2CH3.Sn/c1-15(29)27-24-14-22-20-10-6-4-8-18(20)13-23(22)25(26(24)28-16(2)30)21-12-11-17-7-3-5-9-19(17)21;;;/h3-14,21H,1-2H3,(H,27,29)(H,28,30);2*1H3;. The number of nitrogens with one attached hydrogen (secondary N) is 2. The Labute approximate surface area is 201 Å². The van der Waals surface area contributed by atoms with Gasteiger partial charge < -0.3 is 0 Å². The van der Waals surface area contributed by atoms with Crippen LogP contribution in [0, 0.1) is 0 Å². The zero-order chi connectivity index (χ0) is 23.3. The molecule has 0 spiro atoms. The third kappa shape index (κ3) is 3.70. The van der Waals surface area contributed by atoms with Crippen molar-refractivity contribution in [3.05, 3.63) is 88.5 Å². The van der Waals surface area contributed by atoms with E-state index >= 15 is 0 Å². The van der Waals surface area contributed by atoms with Gasteiger partial charge in [0, 0.05) is 0 Å². The number of rotatable bonds is 4. The van der Waals surface area contributed by atoms with E-state index in [1.165, 1.54) is 47.2 Å². The van der Waals surface area contributed by atoms with Crippen LogP contribution in [0.3, 0.4) is 0 Å². The van der Waals surface area contributed by atoms with E-state index in [1.807, 2.05) is 0 Å². The van der Waals surface area contributed by atoms with Crippen LogP contribution in [0.25, 0.3) is 17.2 Å². The van der Waals surface area contributed by atoms with E-state index in [4.69, 9.17) is 0 Å². The topological polar surface area (TPSA) is 58.2 Å². The van der Waals surface area contributed by atoms with E-state index in [2.05, 4.69) is 87.3 Å². The quantitative estimate of drug-likeness (QED) is 0.388. The number of fused-ring (bicyclic) bond motifs is 4. The van der Waals surface area contributed by atoms with Gasteiger partial charge in [0.05, 0.1) is 0 Å². The molecule has 2 atom stereocenters. The second kappa shape index (κ2) is 8.49. The summed E-state index contributed by atoms with van der Waals surface area (Å²) in [7, 11) is 0. The Morgan fingerprint density at radius 1 is 0.818 bits per heavy atom. The number of carbonyl (C=O) groups excluding carboxylic acids is 2. The zero-order valence-electron chi connectivity index (χ0n) is 19.3. The van der Waals surface area contributed by atoms with Crippen LogP contribution in [0.1, 0.15) is 51.5 Å². The van der Waals surface area contributed by atoms with Crippen LogP contribution in [0.15, 0.2) is 60.7 Å². The molecule has 3 aromatic rings. The van der Waals surface area contributed by atoms with Gasteiger partial charge in [-0.05, 0) is 0 Å². The molecule has 0 fully saturated rings. The van der Waals surface area contributed by atoms with E-state index in [1.54, 1.807) is 0 Å². The minimum atomic E-state index is -1.82. The van der Waals surface area contributed by atoms with Crippen molar-refractivity contribution in [2.24, 2.45) is 0 Å². The van der Waals surface area contributed by atoms with Gasteiger partial charge in [-0.15, -0.1) is 0 Å². The Hall–Kier alpha value is -2.86. The fraction of sp³-hybridized carbons (Fsp3) is 0.214. The van der Waals surface area contributed by atoms with Crippen molar-refractivity contribution < 1.29 is 9.59 Å². The molecule has 3 aromatic carbocycles. The summed E-state index contributed by atoms with van der Waals surface area (Å²) in [5.74, 6) is -0.276. The molecule has 2 N–H and O–H groups in total. The molecule has 1 radical (unpaired) electrons. The van der Waals surface area contributed by atoms with Crippen LogP contribution in [-0.2, 0) is 9.59 Å². The molecule has 5 heteroatoms. The van der Waals surface area contributed by atoms with Gasteiger partial charge in [0.15, 0.2) is 0 Å². The van der Waals surface area contributed by atoms with Crippen molar-refractivity contribution in [2.75, 3.05) is 10.6 Å². The van der Waals surface area contributed by atoms with Gasteiger partial charge >= 0.3 is 202 Å². The molecular formula is C28H27N2O2Sn. The number of allylic oxidation sites excluding steroid dienone is 1. The molecule has 2 aliphatic carbocycles. The Bertz CT molecular complexity index is 1330. The average Bonchev–Trinajstić information content (AvgIpc) is 3.33. The van der Waals surface area contributed by atoms with Crippen molar-refractivity contribution >= 4 is 49.0 Å². The van der Waals surface area contributed by atoms with Crippen LogP contribution >= 0.6 is 0 Å². The fourth-order valence-corrected chi connectivity index (χ4v) is 10.5. The maximum atomic E-state index is 12.4. The van der Waals surface area contributed by atoms with Crippen LogP contribution in [0.5, 0.6) is 0 Å². The predicted molar refractivity (Wildman–Crippen MR) is 137 cm³/mol. The van der Waals surface area contributed by atoms with Gasteiger partial charge in [0.25, 0.3) is 0 Å². The van der Waals surface area contributed by atoms with Crippen LogP contribution in [-0.4, -0.2) is 31.6 Å². The van der Waals surface area contributed by atoms with Gasteiger partial charge in [0.2, 0.25) is 0 Å². The van der Waals surface area contributed by atoms with Crippen LogP contribution in [0.2, 0.25) is 9.88 Å². The molecule has 0 heterocycles. The van der Waals surface area contributed by atoms with Crippen LogP contribution in [0.4, 0.5) is 11.4 Å². The second-order valence-corrected chi connectivity index (χ2v) is 16.9. The Kier molecular flexibility index (Phi) is 5.65. The summed E-state index contributed by atoms with van der Waals surface area (Å²) in [6.07, 6.45) is 4.40. The molecule has 33 heavy (non-hydrogen) atoms. The monoisotopic (exact) mass is 543 g/mol. The van der Waals surface area contributed by atoms with Crippen LogP contribution < -0.4 is 10.6 Å². The molecule has 5 rings (SSSR count). The first kappa shape index (κ1) is 22.0. The number of hydrogen-bond donors (Lipinski definition) is 2. The SMILES string of the molecule is CC(=O)Nc1cc2c(c(C3C=Cc4ccccc43)c1NC(C)=O)[CH]([Sn]([CH3])[CH3])c1ccccc1-2. The number of benzene rings is 3. The van der Waals surface area contributed by atoms with Crippen molar-refractivity contribution in [3.8, 4) is 11.1 Å². The summed E-state index contributed by atoms with van der Waals surface area (Å²) in [4.78, 5) is 29.4. The van der Waals surface area contributed by atoms with E-state index in [0.29, 0.717) is 9.62 Å². The number of amides is 2. The summed E-state index contributed by atoms with van der Waals surface area (Å²) >= 11 is -1.82. The molecule has 0 bridgehead atoms. The molecule has 2 aliphatic rings. The van der Waals surface area contributed by atoms with Gasteiger partial charge in [0.1, 0.15) is 0 Å². The van der Waals surface area contributed by atoms with Crippen molar-refractivity contribution in [1.29, 1.82) is 0 Å². The molecule has 0 saturated heterocycles. The molecule has 0 aliphatic heterocycles. The summed E-state index contributed by atoms with van der Waals surface area (Å²) in [6.45, 7) is 3.04. The third-order valence-electron chi connectivity index (χ3n) is 6.56. The van der Waals surface area contributed by atoms with Gasteiger partial charge in [-0.1, -0.05) is 0 Å². The molecule has 165 valence electrons. The van der Waals surface area contributed by atoms with E-state index in [-0.39, 0.29) is 17.7 Å². The normalized spacial score (nSPS) is 17.5. The van der Waals surface area contributed by atoms with Gasteiger partial charge in [-0.3, -0.25) is 0 Å². The number of anilines is 2. The fourth-order valence-electron chi connectivity index (χ4n) is 5.43. The average molecular weight is 542 g/mol. The first-order chi connectivity index (χ1) is 15.9. The Morgan fingerprint density at radius 3 is 2.18 bits per heavy atom. The Morgan fingerprint density at radius 2 is 1.48 bits per heavy atom. The van der Waals surface area contributed by atoms with E-state index in [9.17, 15) is 9.59 Å². The summed E-state index contributed by atoms with van der Waals surface area (Å²) < 4.78 is 0.397. The first-order valence-corrected chi connectivity index (χ1v) is 18.6. The summed E-state index contributed by atoms with van der Waals surface area (Å²) in [6, 6.07) is 19.2. The Balaban J connectivity index is 1.88. The van der Waals surface area contributed by atoms with E-state index in [0.717, 1.165) is 11.3 Å². The summed E-state index contributed by atoms with van der Waals surface area (Å²) in [5, 5.41) is 6.11. The molecule has 2 amide bonds. The van der Waals surface area contributed by atoms with E-state index < -0.39 is 19.8 Å². The van der Waals surface area contributed by atoms with Crippen molar-refractivity contribution in [3.63, 3.8) is 0 Å². The maximum absolute atomic E-state index is 12.4. The van der Waals surface area contributed by atoms with Crippen molar-refractivity contribution in [1.82, 2.24) is 0 Å². The second-order valence-electron chi connectivity index (χ2n) is 9.10. The number of hydrogen-bond acceptors (Lipinski definition) is 2.